The molecule has 0 saturated carbocycles. The van der Waals surface area contributed by atoms with Crippen LogP contribution in [0.3, 0.4) is 0 Å². The number of aliphatic carboxylic acids is 1. The molecule has 0 fully saturated rings. The Labute approximate surface area is 150 Å². The fourth-order valence-electron chi connectivity index (χ4n) is 2.59. The molecule has 0 amide bonds. The van der Waals surface area contributed by atoms with Gasteiger partial charge >= 0.3 is 5.97 Å². The molecule has 0 aromatic carbocycles. The predicted octanol–water partition coefficient (Wildman–Crippen LogP) is 6.93. The van der Waals surface area contributed by atoms with Crippen LogP contribution < -0.4 is 0 Å². The lowest BCUT2D eigenvalue weighted by atomic mass is 10.1. The van der Waals surface area contributed by atoms with Crippen molar-refractivity contribution in [3.8, 4) is 0 Å². The van der Waals surface area contributed by atoms with Crippen molar-refractivity contribution < 1.29 is 14.7 Å². The van der Waals surface area contributed by atoms with Gasteiger partial charge in [0, 0.05) is 12.8 Å². The Balaban J connectivity index is 0. The van der Waals surface area contributed by atoms with Gasteiger partial charge in [0.25, 0.3) is 0 Å². The zero-order valence-electron chi connectivity index (χ0n) is 16.4. The molecule has 24 heavy (non-hydrogen) atoms. The van der Waals surface area contributed by atoms with Crippen molar-refractivity contribution in [1.82, 2.24) is 0 Å². The van der Waals surface area contributed by atoms with Crippen LogP contribution in [-0.4, -0.2) is 17.4 Å². The number of carbonyl (C=O) groups excluding carboxylic acids is 1. The average molecular weight is 343 g/mol. The van der Waals surface area contributed by atoms with Gasteiger partial charge < -0.3 is 9.90 Å². The Bertz CT molecular complexity index is 251. The number of hydrogen-bond acceptors (Lipinski definition) is 2. The Kier molecular flexibility index (Phi) is 25.8. The van der Waals surface area contributed by atoms with Gasteiger partial charge in [-0.15, -0.1) is 0 Å². The highest BCUT2D eigenvalue weighted by atomic mass is 16.4. The highest BCUT2D eigenvalue weighted by molar-refractivity contribution is 5.66. The predicted molar refractivity (Wildman–Crippen MR) is 104 cm³/mol. The summed E-state index contributed by atoms with van der Waals surface area (Å²) in [6.07, 6.45) is 20.9. The maximum atomic E-state index is 10.2. The molecule has 0 unspecified atom stereocenters. The molecule has 0 saturated heterocycles. The number of aldehydes is 1. The summed E-state index contributed by atoms with van der Waals surface area (Å²) in [6, 6.07) is 0. The van der Waals surface area contributed by atoms with Crippen LogP contribution in [0.15, 0.2) is 0 Å². The highest BCUT2D eigenvalue weighted by Gasteiger charge is 1.96. The molecule has 0 spiro atoms. The van der Waals surface area contributed by atoms with E-state index in [1.54, 1.807) is 0 Å². The molecule has 0 atom stereocenters. The molecule has 0 aliphatic heterocycles. The molecule has 144 valence electrons. The number of carboxylic acids is 1. The first-order chi connectivity index (χ1) is 11.7. The van der Waals surface area contributed by atoms with E-state index in [1.807, 2.05) is 0 Å². The smallest absolute Gasteiger partial charge is 0.303 e. The van der Waals surface area contributed by atoms with Crippen LogP contribution in [-0.2, 0) is 9.59 Å². The van der Waals surface area contributed by atoms with Gasteiger partial charge in [-0.3, -0.25) is 4.79 Å². The van der Waals surface area contributed by atoms with Crippen LogP contribution >= 0.6 is 0 Å². The lowest BCUT2D eigenvalue weighted by Gasteiger charge is -2.00. The first-order valence-electron chi connectivity index (χ1n) is 10.3. The molecule has 0 rings (SSSR count). The largest absolute Gasteiger partial charge is 0.481 e. The number of hydrogen-bond donors (Lipinski definition) is 1. The summed E-state index contributed by atoms with van der Waals surface area (Å²) < 4.78 is 0. The van der Waals surface area contributed by atoms with Crippen molar-refractivity contribution in [3.05, 3.63) is 0 Å². The third-order valence-corrected chi connectivity index (χ3v) is 4.17. The fraction of sp³-hybridized carbons (Fsp3) is 0.905. The second-order valence-corrected chi connectivity index (χ2v) is 6.70. The van der Waals surface area contributed by atoms with Crippen LogP contribution in [0.5, 0.6) is 0 Å². The van der Waals surface area contributed by atoms with E-state index >= 15 is 0 Å². The van der Waals surface area contributed by atoms with Gasteiger partial charge in [0.15, 0.2) is 0 Å². The van der Waals surface area contributed by atoms with Crippen LogP contribution in [0.25, 0.3) is 0 Å². The molecular formula is C21H42O3. The quantitative estimate of drug-likeness (QED) is 0.230. The first-order valence-corrected chi connectivity index (χ1v) is 10.3. The minimum absolute atomic E-state index is 0.343. The topological polar surface area (TPSA) is 54.4 Å². The molecule has 0 radical (unpaired) electrons. The minimum atomic E-state index is -0.659. The van der Waals surface area contributed by atoms with Gasteiger partial charge in [0.2, 0.25) is 0 Å². The lowest BCUT2D eigenvalue weighted by molar-refractivity contribution is -0.137. The van der Waals surface area contributed by atoms with Gasteiger partial charge in [-0.25, -0.2) is 0 Å². The summed E-state index contributed by atoms with van der Waals surface area (Å²) in [7, 11) is 0. The van der Waals surface area contributed by atoms with Crippen LogP contribution in [0.1, 0.15) is 123 Å². The van der Waals surface area contributed by atoms with E-state index < -0.39 is 5.97 Å². The van der Waals surface area contributed by atoms with Crippen molar-refractivity contribution in [2.45, 2.75) is 123 Å². The third-order valence-electron chi connectivity index (χ3n) is 4.17. The van der Waals surface area contributed by atoms with Crippen LogP contribution in [0, 0.1) is 0 Å². The summed E-state index contributed by atoms with van der Waals surface area (Å²) >= 11 is 0. The zero-order chi connectivity index (χ0) is 18.3. The number of carboxylic acid groups (broad SMARTS) is 1. The van der Waals surface area contributed by atoms with Gasteiger partial charge in [-0.05, 0) is 12.8 Å². The standard InChI is InChI=1S/C12H24O2.C9H18O/c1-2-3-4-5-6-7-8-9-10-11-12(13)14;1-2-3-4-5-6-7-8-9-10/h2-11H2,1H3,(H,13,14);9H,2-8H2,1H3. The zero-order valence-corrected chi connectivity index (χ0v) is 16.4. The molecule has 1 N–H and O–H groups in total. The van der Waals surface area contributed by atoms with Gasteiger partial charge in [-0.1, -0.05) is 97.3 Å². The monoisotopic (exact) mass is 342 g/mol. The van der Waals surface area contributed by atoms with E-state index in [9.17, 15) is 9.59 Å². The first kappa shape index (κ1) is 25.4. The van der Waals surface area contributed by atoms with Gasteiger partial charge in [-0.2, -0.15) is 0 Å². The summed E-state index contributed by atoms with van der Waals surface area (Å²) in [5.74, 6) is -0.659. The molecule has 0 heterocycles. The van der Waals surface area contributed by atoms with E-state index in [1.165, 1.54) is 77.0 Å². The molecule has 0 aliphatic carbocycles. The van der Waals surface area contributed by atoms with Crippen molar-refractivity contribution in [2.24, 2.45) is 0 Å². The summed E-state index contributed by atoms with van der Waals surface area (Å²) in [5.41, 5.74) is 0. The summed E-state index contributed by atoms with van der Waals surface area (Å²) in [6.45, 7) is 4.44. The third kappa shape index (κ3) is 29.2. The average Bonchev–Trinajstić information content (AvgIpc) is 2.57. The van der Waals surface area contributed by atoms with Crippen molar-refractivity contribution in [1.29, 1.82) is 0 Å². The van der Waals surface area contributed by atoms with Gasteiger partial charge in [0.05, 0.1) is 0 Å². The molecule has 0 aromatic heterocycles. The van der Waals surface area contributed by atoms with Gasteiger partial charge in [0.1, 0.15) is 6.29 Å². The number of carbonyl (C=O) groups is 2. The maximum absolute atomic E-state index is 10.2. The van der Waals surface area contributed by atoms with E-state index in [0.717, 1.165) is 32.0 Å². The normalized spacial score (nSPS) is 10.1. The van der Waals surface area contributed by atoms with Crippen LogP contribution in [0.4, 0.5) is 0 Å². The maximum Gasteiger partial charge on any atom is 0.303 e. The molecule has 0 bridgehead atoms. The minimum Gasteiger partial charge on any atom is -0.481 e. The van der Waals surface area contributed by atoms with Crippen LogP contribution in [0.2, 0.25) is 0 Å². The molecule has 0 aromatic rings. The second-order valence-electron chi connectivity index (χ2n) is 6.70. The second kappa shape index (κ2) is 24.4. The highest BCUT2D eigenvalue weighted by Crippen LogP contribution is 2.10. The molecule has 3 heteroatoms. The van der Waals surface area contributed by atoms with E-state index in [-0.39, 0.29) is 0 Å². The molecular weight excluding hydrogens is 300 g/mol. The summed E-state index contributed by atoms with van der Waals surface area (Å²) in [5, 5.41) is 8.41. The Hall–Kier alpha value is -0.860. The summed E-state index contributed by atoms with van der Waals surface area (Å²) in [4.78, 5) is 20.1. The van der Waals surface area contributed by atoms with E-state index in [2.05, 4.69) is 13.8 Å². The van der Waals surface area contributed by atoms with Crippen molar-refractivity contribution in [2.75, 3.05) is 0 Å². The number of unbranched alkanes of at least 4 members (excludes halogenated alkanes) is 14. The molecule has 3 nitrogen and oxygen atoms in total. The molecule has 0 aliphatic rings. The van der Waals surface area contributed by atoms with E-state index in [4.69, 9.17) is 5.11 Å². The fourth-order valence-corrected chi connectivity index (χ4v) is 2.59. The van der Waals surface area contributed by atoms with E-state index in [0.29, 0.717) is 6.42 Å². The van der Waals surface area contributed by atoms with Crippen molar-refractivity contribution >= 4 is 12.3 Å². The Morgan fingerprint density at radius 3 is 1.42 bits per heavy atom. The SMILES string of the molecule is CCCCCCCCC=O.CCCCCCCCCCCC(=O)O. The van der Waals surface area contributed by atoms with Crippen molar-refractivity contribution in [3.63, 3.8) is 0 Å². The Morgan fingerprint density at radius 2 is 1.04 bits per heavy atom. The Morgan fingerprint density at radius 1 is 0.667 bits per heavy atom. The lowest BCUT2D eigenvalue weighted by Crippen LogP contribution is -1.93. The number of rotatable bonds is 17.